The molecule has 0 fully saturated rings. The summed E-state index contributed by atoms with van der Waals surface area (Å²) in [5.41, 5.74) is 5.09. The molecule has 3 rings (SSSR count). The second kappa shape index (κ2) is 6.76. The number of benzene rings is 1. The number of aliphatic hydroxyl groups is 1. The first-order valence-electron chi connectivity index (χ1n) is 8.27. The molecule has 25 heavy (non-hydrogen) atoms. The summed E-state index contributed by atoms with van der Waals surface area (Å²) in [5.74, 6) is -0.0974. The third kappa shape index (κ3) is 3.07. The van der Waals surface area contributed by atoms with E-state index >= 15 is 0 Å². The van der Waals surface area contributed by atoms with Crippen LogP contribution in [0.15, 0.2) is 36.5 Å². The van der Waals surface area contributed by atoms with Gasteiger partial charge in [-0.15, -0.1) is 0 Å². The molecule has 1 N–H and O–H groups in total. The highest BCUT2D eigenvalue weighted by atomic mass is 16.5. The summed E-state index contributed by atoms with van der Waals surface area (Å²) in [6.45, 7) is 6.02. The number of hydrogen-bond donors (Lipinski definition) is 1. The molecule has 2 atom stereocenters. The van der Waals surface area contributed by atoms with Gasteiger partial charge in [-0.1, -0.05) is 17.7 Å². The largest absolute Gasteiger partial charge is 0.500 e. The molecule has 5 heteroatoms. The number of methoxy groups -OCH3 is 1. The van der Waals surface area contributed by atoms with Gasteiger partial charge in [-0.3, -0.25) is 14.8 Å². The molecule has 0 saturated heterocycles. The summed E-state index contributed by atoms with van der Waals surface area (Å²) in [7, 11) is 1.57. The Labute approximate surface area is 147 Å². The molecular formula is C20H22N2O3. The number of Topliss-reactive ketones (excluding diaryl/α,β-unsaturated/α-hetero) is 1. The molecule has 2 unspecified atom stereocenters. The number of allylic oxidation sites excluding steroid dienone is 2. The molecule has 1 heterocycles. The summed E-state index contributed by atoms with van der Waals surface area (Å²) in [6.07, 6.45) is 3.89. The van der Waals surface area contributed by atoms with Crippen LogP contribution in [-0.2, 0) is 9.53 Å². The lowest BCUT2D eigenvalue weighted by Gasteiger charge is -2.17. The van der Waals surface area contributed by atoms with Gasteiger partial charge < -0.3 is 9.84 Å². The van der Waals surface area contributed by atoms with Gasteiger partial charge in [0.05, 0.1) is 30.5 Å². The molecule has 1 aromatic heterocycles. The number of ketones is 1. The number of nitrogens with zero attached hydrogens (tertiary/aromatic N) is 2. The van der Waals surface area contributed by atoms with Gasteiger partial charge in [0.15, 0.2) is 5.78 Å². The zero-order valence-electron chi connectivity index (χ0n) is 14.9. The van der Waals surface area contributed by atoms with Crippen molar-refractivity contribution >= 4 is 11.4 Å². The number of aliphatic hydroxyl groups excluding tert-OH is 1. The van der Waals surface area contributed by atoms with Gasteiger partial charge in [-0.2, -0.15) is 0 Å². The smallest absolute Gasteiger partial charge is 0.173 e. The Morgan fingerprint density at radius 3 is 2.44 bits per heavy atom. The standard InChI is InChI=1S/C20H22N2O3/c1-11-7-12(2)17(13(3)8-11)18-16(25-4)9-14(20(18)24)19(23)15-10-21-5-6-22-15/h5-8,10,14,19,23H,9H2,1-4H3. The Morgan fingerprint density at radius 1 is 1.20 bits per heavy atom. The topological polar surface area (TPSA) is 72.3 Å². The van der Waals surface area contributed by atoms with Gasteiger partial charge in [0.25, 0.3) is 0 Å². The third-order valence-electron chi connectivity index (χ3n) is 4.71. The molecule has 130 valence electrons. The van der Waals surface area contributed by atoms with Crippen molar-refractivity contribution in [1.82, 2.24) is 9.97 Å². The normalized spacial score (nSPS) is 18.6. The van der Waals surface area contributed by atoms with Crippen molar-refractivity contribution in [2.24, 2.45) is 5.92 Å². The quantitative estimate of drug-likeness (QED) is 0.927. The van der Waals surface area contributed by atoms with Crippen molar-refractivity contribution in [2.75, 3.05) is 7.11 Å². The second-order valence-electron chi connectivity index (χ2n) is 6.53. The van der Waals surface area contributed by atoms with Crippen LogP contribution in [0, 0.1) is 26.7 Å². The zero-order chi connectivity index (χ0) is 18.1. The highest BCUT2D eigenvalue weighted by molar-refractivity contribution is 6.25. The van der Waals surface area contributed by atoms with Crippen LogP contribution < -0.4 is 0 Å². The minimum Gasteiger partial charge on any atom is -0.500 e. The molecule has 5 nitrogen and oxygen atoms in total. The van der Waals surface area contributed by atoms with Gasteiger partial charge in [-0.25, -0.2) is 0 Å². The molecule has 0 bridgehead atoms. The molecule has 1 aliphatic carbocycles. The summed E-state index contributed by atoms with van der Waals surface area (Å²) in [5, 5.41) is 10.6. The summed E-state index contributed by atoms with van der Waals surface area (Å²) in [6, 6.07) is 4.12. The van der Waals surface area contributed by atoms with E-state index in [1.165, 1.54) is 18.6 Å². The fraction of sp³-hybridized carbons (Fsp3) is 0.350. The molecule has 0 saturated carbocycles. The summed E-state index contributed by atoms with van der Waals surface area (Å²) >= 11 is 0. The number of rotatable bonds is 4. The lowest BCUT2D eigenvalue weighted by atomic mass is 9.89. The Kier molecular flexibility index (Phi) is 4.68. The Bertz CT molecular complexity index is 820. The Balaban J connectivity index is 2.02. The average Bonchev–Trinajstić information content (AvgIpc) is 2.91. The number of aryl methyl sites for hydroxylation is 3. The van der Waals surface area contributed by atoms with Crippen molar-refractivity contribution in [1.29, 1.82) is 0 Å². The van der Waals surface area contributed by atoms with Crippen LogP contribution in [0.5, 0.6) is 0 Å². The van der Waals surface area contributed by atoms with Crippen LogP contribution >= 0.6 is 0 Å². The van der Waals surface area contributed by atoms with Gasteiger partial charge in [0.1, 0.15) is 11.9 Å². The van der Waals surface area contributed by atoms with E-state index in [9.17, 15) is 9.90 Å². The van der Waals surface area contributed by atoms with Gasteiger partial charge in [0.2, 0.25) is 0 Å². The molecule has 1 aliphatic rings. The zero-order valence-corrected chi connectivity index (χ0v) is 14.9. The van der Waals surface area contributed by atoms with Crippen molar-refractivity contribution in [3.63, 3.8) is 0 Å². The summed E-state index contributed by atoms with van der Waals surface area (Å²) < 4.78 is 5.52. The van der Waals surface area contributed by atoms with Gasteiger partial charge in [0, 0.05) is 18.8 Å². The van der Waals surface area contributed by atoms with E-state index in [1.807, 2.05) is 20.8 Å². The van der Waals surface area contributed by atoms with Crippen molar-refractivity contribution in [3.05, 3.63) is 64.4 Å². The monoisotopic (exact) mass is 338 g/mol. The van der Waals surface area contributed by atoms with Crippen LogP contribution in [0.25, 0.3) is 5.57 Å². The Morgan fingerprint density at radius 2 is 1.88 bits per heavy atom. The Hall–Kier alpha value is -2.53. The fourth-order valence-electron chi connectivity index (χ4n) is 3.66. The molecule has 0 radical (unpaired) electrons. The highest BCUT2D eigenvalue weighted by Crippen LogP contribution is 2.42. The number of carbonyl (C=O) groups excluding carboxylic acids is 1. The van der Waals surface area contributed by atoms with Crippen LogP contribution in [0.2, 0.25) is 0 Å². The molecule has 0 aliphatic heterocycles. The summed E-state index contributed by atoms with van der Waals surface area (Å²) in [4.78, 5) is 21.2. The third-order valence-corrected chi connectivity index (χ3v) is 4.71. The van der Waals surface area contributed by atoms with Crippen LogP contribution in [0.4, 0.5) is 0 Å². The molecule has 1 aromatic carbocycles. The van der Waals surface area contributed by atoms with E-state index in [-0.39, 0.29) is 5.78 Å². The van der Waals surface area contributed by atoms with E-state index in [4.69, 9.17) is 4.74 Å². The van der Waals surface area contributed by atoms with E-state index in [0.29, 0.717) is 23.4 Å². The van der Waals surface area contributed by atoms with E-state index < -0.39 is 12.0 Å². The predicted molar refractivity (Wildman–Crippen MR) is 94.7 cm³/mol. The number of ether oxygens (including phenoxy) is 1. The van der Waals surface area contributed by atoms with E-state index in [1.54, 1.807) is 7.11 Å². The van der Waals surface area contributed by atoms with E-state index in [2.05, 4.69) is 22.1 Å². The molecule has 0 amide bonds. The molecule has 0 spiro atoms. The highest BCUT2D eigenvalue weighted by Gasteiger charge is 2.41. The maximum atomic E-state index is 13.1. The maximum Gasteiger partial charge on any atom is 0.173 e. The molecule has 2 aromatic rings. The van der Waals surface area contributed by atoms with Gasteiger partial charge >= 0.3 is 0 Å². The van der Waals surface area contributed by atoms with Crippen molar-refractivity contribution < 1.29 is 14.6 Å². The van der Waals surface area contributed by atoms with Crippen LogP contribution in [0.3, 0.4) is 0 Å². The fourth-order valence-corrected chi connectivity index (χ4v) is 3.66. The first-order valence-corrected chi connectivity index (χ1v) is 8.27. The van der Waals surface area contributed by atoms with Crippen molar-refractivity contribution in [3.8, 4) is 0 Å². The van der Waals surface area contributed by atoms with E-state index in [0.717, 1.165) is 22.3 Å². The van der Waals surface area contributed by atoms with Crippen LogP contribution in [-0.4, -0.2) is 28.0 Å². The van der Waals surface area contributed by atoms with Crippen molar-refractivity contribution in [2.45, 2.75) is 33.3 Å². The first kappa shape index (κ1) is 17.3. The maximum absolute atomic E-state index is 13.1. The minimum absolute atomic E-state index is 0.106. The SMILES string of the molecule is COC1=C(c2c(C)cc(C)cc2C)C(=O)C(C(O)c2cnccn2)C1. The predicted octanol–water partition coefficient (Wildman–Crippen LogP) is 3.08. The number of hydrogen-bond acceptors (Lipinski definition) is 5. The second-order valence-corrected chi connectivity index (χ2v) is 6.53. The lowest BCUT2D eigenvalue weighted by molar-refractivity contribution is -0.120. The molecular weight excluding hydrogens is 316 g/mol. The minimum atomic E-state index is -1.00. The number of carbonyl (C=O) groups is 1. The first-order chi connectivity index (χ1) is 11.9. The number of aromatic nitrogens is 2. The average molecular weight is 338 g/mol. The van der Waals surface area contributed by atoms with Crippen LogP contribution in [0.1, 0.15) is 40.5 Å². The van der Waals surface area contributed by atoms with Gasteiger partial charge in [-0.05, 0) is 37.5 Å². The lowest BCUT2D eigenvalue weighted by Crippen LogP contribution is -2.20.